The molecule has 0 saturated carbocycles. The maximum atomic E-state index is 4.23. The van der Waals surface area contributed by atoms with Gasteiger partial charge in [-0.3, -0.25) is 9.78 Å². The molecule has 2 heterocycles. The third kappa shape index (κ3) is 2.88. The zero-order valence-corrected chi connectivity index (χ0v) is 11.3. The molecule has 0 aliphatic rings. The van der Waals surface area contributed by atoms with Crippen molar-refractivity contribution in [2.45, 2.75) is 19.5 Å². The van der Waals surface area contributed by atoms with Crippen LogP contribution in [0.25, 0.3) is 0 Å². The fourth-order valence-electron chi connectivity index (χ4n) is 2.18. The summed E-state index contributed by atoms with van der Waals surface area (Å²) in [6, 6.07) is 12.5. The second-order valence-corrected chi connectivity index (χ2v) is 4.78. The summed E-state index contributed by atoms with van der Waals surface area (Å²) in [4.78, 5) is 0. The number of aromatic nitrogens is 4. The van der Waals surface area contributed by atoms with Gasteiger partial charge in [0.25, 0.3) is 0 Å². The minimum absolute atomic E-state index is 0.192. The molecule has 0 saturated heterocycles. The van der Waals surface area contributed by atoms with Crippen LogP contribution in [0.1, 0.15) is 24.2 Å². The number of hydrogen-bond donors (Lipinski definition) is 2. The number of aromatic amines is 1. The lowest BCUT2D eigenvalue weighted by Crippen LogP contribution is -2.08. The third-order valence-corrected chi connectivity index (χ3v) is 3.20. The van der Waals surface area contributed by atoms with E-state index in [-0.39, 0.29) is 6.04 Å². The average Bonchev–Trinajstić information content (AvgIpc) is 3.12. The number of benzene rings is 1. The van der Waals surface area contributed by atoms with Gasteiger partial charge in [-0.05, 0) is 36.8 Å². The smallest absolute Gasteiger partial charge is 0.0660 e. The van der Waals surface area contributed by atoms with Crippen molar-refractivity contribution in [2.75, 3.05) is 5.32 Å². The van der Waals surface area contributed by atoms with Crippen molar-refractivity contribution < 1.29 is 0 Å². The molecule has 0 spiro atoms. The van der Waals surface area contributed by atoms with Gasteiger partial charge >= 0.3 is 0 Å². The van der Waals surface area contributed by atoms with Crippen LogP contribution in [0.15, 0.2) is 55.0 Å². The Morgan fingerprint density at radius 2 is 2.20 bits per heavy atom. The predicted molar refractivity (Wildman–Crippen MR) is 78.4 cm³/mol. The van der Waals surface area contributed by atoms with Crippen LogP contribution in [-0.4, -0.2) is 20.0 Å². The number of H-pyrrole nitrogens is 1. The summed E-state index contributed by atoms with van der Waals surface area (Å²) < 4.78 is 1.91. The Bertz CT molecular complexity index is 643. The molecule has 3 rings (SSSR count). The summed E-state index contributed by atoms with van der Waals surface area (Å²) in [6.45, 7) is 2.88. The fourth-order valence-corrected chi connectivity index (χ4v) is 2.18. The first-order chi connectivity index (χ1) is 9.81. The van der Waals surface area contributed by atoms with Crippen LogP contribution in [-0.2, 0) is 6.54 Å². The minimum Gasteiger partial charge on any atom is -0.377 e. The van der Waals surface area contributed by atoms with E-state index in [4.69, 9.17) is 0 Å². The van der Waals surface area contributed by atoms with E-state index in [1.54, 1.807) is 12.4 Å². The molecule has 1 aromatic carbocycles. The monoisotopic (exact) mass is 267 g/mol. The molecule has 102 valence electrons. The number of anilines is 1. The molecule has 2 aromatic heterocycles. The van der Waals surface area contributed by atoms with Crippen LogP contribution >= 0.6 is 0 Å². The Morgan fingerprint density at radius 1 is 1.25 bits per heavy atom. The van der Waals surface area contributed by atoms with Crippen molar-refractivity contribution in [1.82, 2.24) is 20.0 Å². The molecular formula is C15H17N5. The second kappa shape index (κ2) is 5.61. The molecule has 0 amide bonds. The number of nitrogens with one attached hydrogen (secondary N) is 2. The summed E-state index contributed by atoms with van der Waals surface area (Å²) in [5.41, 5.74) is 3.38. The van der Waals surface area contributed by atoms with E-state index in [0.29, 0.717) is 0 Å². The maximum absolute atomic E-state index is 4.23. The zero-order valence-electron chi connectivity index (χ0n) is 11.3. The van der Waals surface area contributed by atoms with E-state index >= 15 is 0 Å². The van der Waals surface area contributed by atoms with Gasteiger partial charge in [0.1, 0.15) is 0 Å². The lowest BCUT2D eigenvalue weighted by Gasteiger charge is -2.14. The van der Waals surface area contributed by atoms with Gasteiger partial charge in [0.05, 0.1) is 18.3 Å². The molecular weight excluding hydrogens is 250 g/mol. The Kier molecular flexibility index (Phi) is 3.50. The van der Waals surface area contributed by atoms with E-state index < -0.39 is 0 Å². The van der Waals surface area contributed by atoms with E-state index in [1.807, 2.05) is 23.0 Å². The van der Waals surface area contributed by atoms with Crippen molar-refractivity contribution in [3.8, 4) is 0 Å². The van der Waals surface area contributed by atoms with Crippen molar-refractivity contribution in [2.24, 2.45) is 0 Å². The first kappa shape index (κ1) is 12.5. The van der Waals surface area contributed by atoms with Crippen LogP contribution in [0.4, 0.5) is 5.69 Å². The second-order valence-electron chi connectivity index (χ2n) is 4.78. The van der Waals surface area contributed by atoms with Crippen LogP contribution < -0.4 is 5.32 Å². The van der Waals surface area contributed by atoms with Gasteiger partial charge < -0.3 is 5.32 Å². The van der Waals surface area contributed by atoms with Crippen LogP contribution in [0, 0.1) is 0 Å². The van der Waals surface area contributed by atoms with E-state index in [9.17, 15) is 0 Å². The first-order valence-electron chi connectivity index (χ1n) is 6.63. The molecule has 0 radical (unpaired) electrons. The van der Waals surface area contributed by atoms with Crippen molar-refractivity contribution >= 4 is 5.69 Å². The quantitative estimate of drug-likeness (QED) is 0.747. The summed E-state index contributed by atoms with van der Waals surface area (Å²) in [5.74, 6) is 0. The van der Waals surface area contributed by atoms with Gasteiger partial charge in [0, 0.05) is 24.3 Å². The van der Waals surface area contributed by atoms with E-state index in [2.05, 4.69) is 51.8 Å². The highest BCUT2D eigenvalue weighted by Crippen LogP contribution is 2.18. The highest BCUT2D eigenvalue weighted by Gasteiger charge is 2.06. The van der Waals surface area contributed by atoms with Gasteiger partial charge in [-0.1, -0.05) is 12.1 Å². The Morgan fingerprint density at radius 3 is 2.95 bits per heavy atom. The molecule has 5 nitrogen and oxygen atoms in total. The van der Waals surface area contributed by atoms with Gasteiger partial charge in [-0.2, -0.15) is 10.2 Å². The number of hydrogen-bond acceptors (Lipinski definition) is 3. The molecule has 1 unspecified atom stereocenters. The predicted octanol–water partition coefficient (Wildman–Crippen LogP) is 2.83. The number of nitrogens with zero attached hydrogens (tertiary/aromatic N) is 3. The molecule has 0 fully saturated rings. The number of rotatable bonds is 5. The van der Waals surface area contributed by atoms with Gasteiger partial charge in [-0.15, -0.1) is 0 Å². The topological polar surface area (TPSA) is 58.5 Å². The standard InChI is InChI=1S/C15H17N5/c1-12(15-6-8-16-19-15)18-14-5-2-4-13(10-14)11-20-9-3-7-17-20/h2-10,12,18H,11H2,1H3,(H,16,19). The summed E-state index contributed by atoms with van der Waals surface area (Å²) in [5, 5.41) is 14.6. The molecule has 5 heteroatoms. The Hall–Kier alpha value is -2.56. The average molecular weight is 267 g/mol. The van der Waals surface area contributed by atoms with Crippen molar-refractivity contribution in [3.05, 3.63) is 66.2 Å². The highest BCUT2D eigenvalue weighted by molar-refractivity contribution is 5.47. The molecule has 1 atom stereocenters. The highest BCUT2D eigenvalue weighted by atomic mass is 15.3. The first-order valence-corrected chi connectivity index (χ1v) is 6.63. The summed E-state index contributed by atoms with van der Waals surface area (Å²) in [6.07, 6.45) is 5.53. The van der Waals surface area contributed by atoms with Crippen LogP contribution in [0.5, 0.6) is 0 Å². The molecule has 20 heavy (non-hydrogen) atoms. The Labute approximate surface area is 117 Å². The molecule has 2 N–H and O–H groups in total. The fraction of sp³-hybridized carbons (Fsp3) is 0.200. The SMILES string of the molecule is CC(Nc1cccc(Cn2cccn2)c1)c1ccn[nH]1. The van der Waals surface area contributed by atoms with Gasteiger partial charge in [0.15, 0.2) is 0 Å². The summed E-state index contributed by atoms with van der Waals surface area (Å²) in [7, 11) is 0. The summed E-state index contributed by atoms with van der Waals surface area (Å²) >= 11 is 0. The minimum atomic E-state index is 0.192. The largest absolute Gasteiger partial charge is 0.377 e. The van der Waals surface area contributed by atoms with E-state index in [0.717, 1.165) is 17.9 Å². The molecule has 0 aliphatic carbocycles. The Balaban J connectivity index is 1.71. The lowest BCUT2D eigenvalue weighted by molar-refractivity contribution is 0.687. The van der Waals surface area contributed by atoms with Gasteiger partial charge in [-0.25, -0.2) is 0 Å². The molecule has 0 bridgehead atoms. The van der Waals surface area contributed by atoms with E-state index in [1.165, 1.54) is 5.56 Å². The third-order valence-electron chi connectivity index (χ3n) is 3.20. The van der Waals surface area contributed by atoms with Crippen LogP contribution in [0.2, 0.25) is 0 Å². The lowest BCUT2D eigenvalue weighted by atomic mass is 10.1. The zero-order chi connectivity index (χ0) is 13.8. The van der Waals surface area contributed by atoms with Crippen molar-refractivity contribution in [1.29, 1.82) is 0 Å². The van der Waals surface area contributed by atoms with Crippen molar-refractivity contribution in [3.63, 3.8) is 0 Å². The maximum Gasteiger partial charge on any atom is 0.0660 e. The van der Waals surface area contributed by atoms with Gasteiger partial charge in [0.2, 0.25) is 0 Å². The molecule has 0 aliphatic heterocycles. The van der Waals surface area contributed by atoms with Crippen LogP contribution in [0.3, 0.4) is 0 Å². The molecule has 3 aromatic rings. The normalized spacial score (nSPS) is 12.2.